The van der Waals surface area contributed by atoms with Crippen LogP contribution < -0.4 is 4.74 Å². The maximum atomic E-state index is 11.6. The number of nitrogens with one attached hydrogen (secondary N) is 1. The summed E-state index contributed by atoms with van der Waals surface area (Å²) in [6.45, 7) is 0.152. The number of nitrogens with zero attached hydrogens (tertiary/aromatic N) is 2. The third kappa shape index (κ3) is 3.48. The summed E-state index contributed by atoms with van der Waals surface area (Å²) in [5.41, 5.74) is 2.26. The lowest BCUT2D eigenvalue weighted by Crippen LogP contribution is -2.11. The Kier molecular flexibility index (Phi) is 4.00. The van der Waals surface area contributed by atoms with Crippen molar-refractivity contribution in [3.05, 3.63) is 51.9 Å². The van der Waals surface area contributed by atoms with E-state index in [1.807, 2.05) is 36.4 Å². The lowest BCUT2D eigenvalue weighted by molar-refractivity contribution is 0.0900. The van der Waals surface area contributed by atoms with Gasteiger partial charge in [-0.3, -0.25) is 0 Å². The van der Waals surface area contributed by atoms with Crippen molar-refractivity contribution in [3.63, 3.8) is 0 Å². The van der Waals surface area contributed by atoms with Crippen LogP contribution in [-0.4, -0.2) is 21.1 Å². The van der Waals surface area contributed by atoms with E-state index in [1.165, 1.54) is 0 Å². The summed E-state index contributed by atoms with van der Waals surface area (Å²) < 4.78 is 10.8. The van der Waals surface area contributed by atoms with E-state index in [9.17, 15) is 4.79 Å². The highest BCUT2D eigenvalue weighted by Crippen LogP contribution is 2.17. The molecule has 2 heterocycles. The number of fused-ring (bicyclic) bond motifs is 1. The fraction of sp³-hybridized carbons (Fsp3) is 0.0714. The third-order valence-electron chi connectivity index (χ3n) is 2.69. The minimum atomic E-state index is -0.805. The number of halogens is 1. The first-order valence-electron chi connectivity index (χ1n) is 6.10. The molecule has 0 unspecified atom stereocenters. The molecule has 3 aromatic rings. The molecule has 0 fully saturated rings. The third-order valence-corrected chi connectivity index (χ3v) is 3.28. The largest absolute Gasteiger partial charge is 0.516 e. The van der Waals surface area contributed by atoms with Crippen LogP contribution in [0.2, 0.25) is 0 Å². The molecule has 0 aliphatic heterocycles. The van der Waals surface area contributed by atoms with Gasteiger partial charge in [0.1, 0.15) is 15.8 Å². The normalized spacial score (nSPS) is 10.5. The summed E-state index contributed by atoms with van der Waals surface area (Å²) in [6.07, 6.45) is 0.802. The van der Waals surface area contributed by atoms with E-state index in [0.29, 0.717) is 5.52 Å². The maximum Gasteiger partial charge on any atom is 0.516 e. The van der Waals surface area contributed by atoms with Crippen LogP contribution in [0.25, 0.3) is 11.0 Å². The van der Waals surface area contributed by atoms with Crippen LogP contribution in [0.5, 0.6) is 6.01 Å². The predicted octanol–water partition coefficient (Wildman–Crippen LogP) is 3.28. The molecule has 2 aromatic heterocycles. The molecule has 0 amide bonds. The van der Waals surface area contributed by atoms with Crippen molar-refractivity contribution >= 4 is 39.8 Å². The molecule has 0 atom stereocenters. The number of rotatable bonds is 3. The summed E-state index contributed by atoms with van der Waals surface area (Å²) in [6, 6.07) is 11.3. The van der Waals surface area contributed by atoms with E-state index in [2.05, 4.69) is 37.5 Å². The number of aromatic nitrogens is 3. The molecular formula is C14H10IN3O3. The van der Waals surface area contributed by atoms with Gasteiger partial charge in [-0.25, -0.2) is 9.78 Å². The molecular weight excluding hydrogens is 385 g/mol. The summed E-state index contributed by atoms with van der Waals surface area (Å²) >= 11 is 2.09. The minimum absolute atomic E-state index is 0.0897. The smallest absolute Gasteiger partial charge is 0.429 e. The number of ether oxygens (including phenoxy) is 2. The van der Waals surface area contributed by atoms with Gasteiger partial charge in [0, 0.05) is 0 Å². The van der Waals surface area contributed by atoms with E-state index < -0.39 is 6.16 Å². The second-order valence-corrected chi connectivity index (χ2v) is 5.30. The Morgan fingerprint density at radius 2 is 2.10 bits per heavy atom. The van der Waals surface area contributed by atoms with Gasteiger partial charge in [-0.1, -0.05) is 30.3 Å². The van der Waals surface area contributed by atoms with Gasteiger partial charge in [-0.15, -0.1) is 0 Å². The minimum Gasteiger partial charge on any atom is -0.429 e. The molecule has 0 aliphatic rings. The summed E-state index contributed by atoms with van der Waals surface area (Å²) in [5, 5.41) is 0. The summed E-state index contributed by atoms with van der Waals surface area (Å²) in [7, 11) is 0. The zero-order chi connectivity index (χ0) is 14.7. The Morgan fingerprint density at radius 1 is 1.29 bits per heavy atom. The first kappa shape index (κ1) is 13.8. The van der Waals surface area contributed by atoms with Crippen molar-refractivity contribution in [2.75, 3.05) is 0 Å². The molecule has 0 bridgehead atoms. The monoisotopic (exact) mass is 395 g/mol. The average Bonchev–Trinajstić information content (AvgIpc) is 2.87. The van der Waals surface area contributed by atoms with Crippen LogP contribution in [0.3, 0.4) is 0 Å². The molecule has 0 aliphatic carbocycles. The van der Waals surface area contributed by atoms with E-state index in [-0.39, 0.29) is 12.6 Å². The van der Waals surface area contributed by atoms with Crippen molar-refractivity contribution < 1.29 is 14.3 Å². The number of hydrogen-bond donors (Lipinski definition) is 1. The highest BCUT2D eigenvalue weighted by Gasteiger charge is 2.11. The Bertz CT molecular complexity index is 773. The number of H-pyrrole nitrogens is 1. The average molecular weight is 395 g/mol. The number of carbonyl (C=O) groups excluding carboxylic acids is 1. The van der Waals surface area contributed by atoms with Crippen molar-refractivity contribution in [1.82, 2.24) is 15.0 Å². The number of aromatic amines is 1. The van der Waals surface area contributed by atoms with E-state index in [4.69, 9.17) is 9.47 Å². The molecule has 0 saturated heterocycles. The molecule has 106 valence electrons. The fourth-order valence-electron chi connectivity index (χ4n) is 1.74. The van der Waals surface area contributed by atoms with Crippen LogP contribution in [-0.2, 0) is 11.3 Å². The maximum absolute atomic E-state index is 11.6. The van der Waals surface area contributed by atoms with Gasteiger partial charge in [-0.05, 0) is 34.2 Å². The van der Waals surface area contributed by atoms with Crippen molar-refractivity contribution in [3.8, 4) is 6.01 Å². The number of hydrogen-bond acceptors (Lipinski definition) is 5. The van der Waals surface area contributed by atoms with Crippen molar-refractivity contribution in [1.29, 1.82) is 0 Å². The highest BCUT2D eigenvalue weighted by atomic mass is 127. The quantitative estimate of drug-likeness (QED) is 0.419. The van der Waals surface area contributed by atoms with Gasteiger partial charge >= 0.3 is 12.2 Å². The summed E-state index contributed by atoms with van der Waals surface area (Å²) in [5.74, 6) is 0. The molecule has 3 rings (SSSR count). The van der Waals surface area contributed by atoms with Gasteiger partial charge in [0.2, 0.25) is 0 Å². The number of pyridine rings is 1. The van der Waals surface area contributed by atoms with Crippen LogP contribution >= 0.6 is 22.6 Å². The first-order chi connectivity index (χ1) is 10.2. The van der Waals surface area contributed by atoms with E-state index in [1.54, 1.807) is 6.20 Å². The SMILES string of the molecule is O=C(OCc1ccccc1)Oc1nc2cnc(I)cc2[nH]1. The number of carbonyl (C=O) groups is 1. The van der Waals surface area contributed by atoms with Gasteiger partial charge in [0.25, 0.3) is 0 Å². The fourth-order valence-corrected chi connectivity index (χ4v) is 2.19. The lowest BCUT2D eigenvalue weighted by Gasteiger charge is -2.03. The summed E-state index contributed by atoms with van der Waals surface area (Å²) in [4.78, 5) is 22.7. The highest BCUT2D eigenvalue weighted by molar-refractivity contribution is 14.1. The second-order valence-electron chi connectivity index (χ2n) is 4.19. The molecule has 0 saturated carbocycles. The Labute approximate surface area is 133 Å². The molecule has 1 N–H and O–H groups in total. The molecule has 1 aromatic carbocycles. The Hall–Kier alpha value is -2.16. The number of benzene rings is 1. The van der Waals surface area contributed by atoms with E-state index >= 15 is 0 Å². The van der Waals surface area contributed by atoms with Gasteiger partial charge < -0.3 is 14.5 Å². The van der Waals surface area contributed by atoms with Crippen LogP contribution in [0.15, 0.2) is 42.6 Å². The van der Waals surface area contributed by atoms with Gasteiger partial charge in [-0.2, -0.15) is 4.98 Å². The molecule has 0 spiro atoms. The molecule has 21 heavy (non-hydrogen) atoms. The van der Waals surface area contributed by atoms with Crippen LogP contribution in [0, 0.1) is 3.70 Å². The molecule has 6 nitrogen and oxygen atoms in total. The number of imidazole rings is 1. The van der Waals surface area contributed by atoms with Crippen LogP contribution in [0.4, 0.5) is 4.79 Å². The first-order valence-corrected chi connectivity index (χ1v) is 7.18. The molecule has 7 heteroatoms. The topological polar surface area (TPSA) is 77.1 Å². The van der Waals surface area contributed by atoms with Crippen molar-refractivity contribution in [2.24, 2.45) is 0 Å². The standard InChI is InChI=1S/C14H10IN3O3/c15-12-6-10-11(7-16-12)18-13(17-10)21-14(19)20-8-9-4-2-1-3-5-9/h1-7H,8H2,(H,17,18). The van der Waals surface area contributed by atoms with Crippen molar-refractivity contribution in [2.45, 2.75) is 6.61 Å². The zero-order valence-electron chi connectivity index (χ0n) is 10.7. The lowest BCUT2D eigenvalue weighted by atomic mass is 10.2. The van der Waals surface area contributed by atoms with E-state index in [0.717, 1.165) is 14.8 Å². The Morgan fingerprint density at radius 3 is 2.90 bits per heavy atom. The predicted molar refractivity (Wildman–Crippen MR) is 83.9 cm³/mol. The van der Waals surface area contributed by atoms with Gasteiger partial charge in [0.05, 0.1) is 11.7 Å². The second kappa shape index (κ2) is 6.08. The zero-order valence-corrected chi connectivity index (χ0v) is 12.9. The Balaban J connectivity index is 1.63. The van der Waals surface area contributed by atoms with Crippen LogP contribution in [0.1, 0.15) is 5.56 Å². The molecule has 0 radical (unpaired) electrons. The van der Waals surface area contributed by atoms with Gasteiger partial charge in [0.15, 0.2) is 0 Å².